The van der Waals surface area contributed by atoms with Gasteiger partial charge in [0.05, 0.1) is 18.5 Å². The summed E-state index contributed by atoms with van der Waals surface area (Å²) in [6.07, 6.45) is 1.57. The predicted molar refractivity (Wildman–Crippen MR) is 170 cm³/mol. The molecule has 0 aromatic heterocycles. The highest BCUT2D eigenvalue weighted by atomic mass is 32.1. The first-order chi connectivity index (χ1) is 20.5. The number of fused-ring (bicyclic) bond motifs is 1. The molecule has 5 aromatic rings. The number of nitrogens with zero attached hydrogens (tertiary/aromatic N) is 2. The lowest BCUT2D eigenvalue weighted by Gasteiger charge is -2.36. The Morgan fingerprint density at radius 1 is 0.714 bits per heavy atom. The quantitative estimate of drug-likeness (QED) is 0.118. The second-order valence-electron chi connectivity index (χ2n) is 9.62. The minimum atomic E-state index is -0.515. The van der Waals surface area contributed by atoms with E-state index in [0.29, 0.717) is 28.4 Å². The Bertz CT molecular complexity index is 1770. The molecular weight excluding hydrogens is 544 g/mol. The van der Waals surface area contributed by atoms with E-state index in [2.05, 4.69) is 18.2 Å². The molecule has 0 unspecified atom stereocenters. The summed E-state index contributed by atoms with van der Waals surface area (Å²) in [5.41, 5.74) is 2.65. The molecule has 0 radical (unpaired) electrons. The Labute approximate surface area is 249 Å². The number of hydrogen-bond donors (Lipinski definition) is 0. The van der Waals surface area contributed by atoms with Crippen molar-refractivity contribution in [3.8, 4) is 11.5 Å². The standard InChI is InChI=1S/C35H26N2O4S/c1-40-29-20-19-25(32(22-29)41-23-26-13-10-12-24-11-8-9-18-30(24)26)21-31-33(38)36(27-14-4-2-5-15-27)35(42)37(34(31)39)28-16-6-3-7-17-28/h2-22H,23H2,1H3. The fraction of sp³-hybridized carbons (Fsp3) is 0.0571. The van der Waals surface area contributed by atoms with Crippen LogP contribution >= 0.6 is 12.2 Å². The maximum atomic E-state index is 13.9. The van der Waals surface area contributed by atoms with Crippen LogP contribution in [0, 0.1) is 0 Å². The molecule has 1 heterocycles. The van der Waals surface area contributed by atoms with Crippen molar-refractivity contribution >= 4 is 57.4 Å². The maximum absolute atomic E-state index is 13.9. The Kier molecular flexibility index (Phi) is 7.49. The van der Waals surface area contributed by atoms with Crippen molar-refractivity contribution in [2.45, 2.75) is 6.61 Å². The lowest BCUT2D eigenvalue weighted by molar-refractivity contribution is -0.120. The van der Waals surface area contributed by atoms with Crippen LogP contribution in [0.4, 0.5) is 11.4 Å². The molecule has 6 nitrogen and oxygen atoms in total. The van der Waals surface area contributed by atoms with Gasteiger partial charge in [0.15, 0.2) is 5.11 Å². The summed E-state index contributed by atoms with van der Waals surface area (Å²) in [5.74, 6) is 0.0313. The zero-order chi connectivity index (χ0) is 29.1. The van der Waals surface area contributed by atoms with Gasteiger partial charge in [-0.1, -0.05) is 78.9 Å². The van der Waals surface area contributed by atoms with Gasteiger partial charge >= 0.3 is 0 Å². The van der Waals surface area contributed by atoms with Gasteiger partial charge in [0.25, 0.3) is 11.8 Å². The van der Waals surface area contributed by atoms with E-state index in [0.717, 1.165) is 16.3 Å². The van der Waals surface area contributed by atoms with E-state index < -0.39 is 11.8 Å². The average molecular weight is 571 g/mol. The average Bonchev–Trinajstić information content (AvgIpc) is 3.03. The van der Waals surface area contributed by atoms with Gasteiger partial charge in [-0.3, -0.25) is 19.4 Å². The highest BCUT2D eigenvalue weighted by Crippen LogP contribution is 2.33. The van der Waals surface area contributed by atoms with Crippen LogP contribution in [0.1, 0.15) is 11.1 Å². The van der Waals surface area contributed by atoms with Gasteiger partial charge in [0.2, 0.25) is 0 Å². The maximum Gasteiger partial charge on any atom is 0.270 e. The van der Waals surface area contributed by atoms with Crippen molar-refractivity contribution in [2.75, 3.05) is 16.9 Å². The number of methoxy groups -OCH3 is 1. The third-order valence-electron chi connectivity index (χ3n) is 7.06. The Morgan fingerprint density at radius 3 is 1.95 bits per heavy atom. The summed E-state index contributed by atoms with van der Waals surface area (Å²) in [6.45, 7) is 0.281. The van der Waals surface area contributed by atoms with Gasteiger partial charge in [0, 0.05) is 11.6 Å². The number of amides is 2. The zero-order valence-corrected chi connectivity index (χ0v) is 23.6. The fourth-order valence-electron chi connectivity index (χ4n) is 4.95. The first kappa shape index (κ1) is 26.9. The van der Waals surface area contributed by atoms with Crippen LogP contribution in [-0.2, 0) is 16.2 Å². The summed E-state index contributed by atoms with van der Waals surface area (Å²) in [7, 11) is 1.58. The van der Waals surface area contributed by atoms with Crippen molar-refractivity contribution in [2.24, 2.45) is 0 Å². The van der Waals surface area contributed by atoms with E-state index in [1.54, 1.807) is 55.7 Å². The third kappa shape index (κ3) is 5.13. The summed E-state index contributed by atoms with van der Waals surface area (Å²) >= 11 is 5.72. The molecule has 0 atom stereocenters. The SMILES string of the molecule is COc1ccc(C=C2C(=O)N(c3ccccc3)C(=S)N(c3ccccc3)C2=O)c(OCc2cccc3ccccc23)c1. The minimum absolute atomic E-state index is 0.0449. The van der Waals surface area contributed by atoms with E-state index in [4.69, 9.17) is 21.7 Å². The molecule has 1 aliphatic heterocycles. The van der Waals surface area contributed by atoms with E-state index >= 15 is 0 Å². The molecule has 1 aliphatic rings. The van der Waals surface area contributed by atoms with Crippen molar-refractivity contribution in [1.82, 2.24) is 0 Å². The molecular formula is C35H26N2O4S. The van der Waals surface area contributed by atoms with Gasteiger partial charge in [-0.05, 0) is 71.0 Å². The molecule has 0 saturated carbocycles. The summed E-state index contributed by atoms with van der Waals surface area (Å²) in [4.78, 5) is 30.7. The molecule has 0 bridgehead atoms. The number of benzene rings is 5. The molecule has 42 heavy (non-hydrogen) atoms. The molecule has 0 spiro atoms. The first-order valence-electron chi connectivity index (χ1n) is 13.4. The number of hydrogen-bond acceptors (Lipinski definition) is 5. The monoisotopic (exact) mass is 570 g/mol. The van der Waals surface area contributed by atoms with Gasteiger partial charge < -0.3 is 9.47 Å². The van der Waals surface area contributed by atoms with Gasteiger partial charge in [-0.15, -0.1) is 0 Å². The Balaban J connectivity index is 1.42. The summed E-state index contributed by atoms with van der Waals surface area (Å²) in [6, 6.07) is 37.6. The molecule has 1 saturated heterocycles. The van der Waals surface area contributed by atoms with E-state index in [9.17, 15) is 9.59 Å². The second kappa shape index (κ2) is 11.7. The van der Waals surface area contributed by atoms with Crippen molar-refractivity contribution in [3.63, 3.8) is 0 Å². The first-order valence-corrected chi connectivity index (χ1v) is 13.8. The Hall–Kier alpha value is -5.27. The van der Waals surface area contributed by atoms with E-state index in [1.165, 1.54) is 9.80 Å². The molecule has 206 valence electrons. The number of para-hydroxylation sites is 2. The van der Waals surface area contributed by atoms with Crippen LogP contribution in [0.2, 0.25) is 0 Å². The normalized spacial score (nSPS) is 13.5. The van der Waals surface area contributed by atoms with Crippen LogP contribution in [0.3, 0.4) is 0 Å². The molecule has 7 heteroatoms. The summed E-state index contributed by atoms with van der Waals surface area (Å²) in [5, 5.41) is 2.29. The van der Waals surface area contributed by atoms with E-state index in [-0.39, 0.29) is 17.3 Å². The molecule has 0 N–H and O–H groups in total. The number of rotatable bonds is 7. The van der Waals surface area contributed by atoms with Crippen molar-refractivity contribution < 1.29 is 19.1 Å². The van der Waals surface area contributed by atoms with Crippen LogP contribution in [-0.4, -0.2) is 24.0 Å². The summed E-state index contributed by atoms with van der Waals surface area (Å²) < 4.78 is 11.8. The minimum Gasteiger partial charge on any atom is -0.497 e. The van der Waals surface area contributed by atoms with Crippen LogP contribution in [0.25, 0.3) is 16.8 Å². The number of thiocarbonyl (C=S) groups is 1. The molecule has 2 amide bonds. The number of anilines is 2. The highest BCUT2D eigenvalue weighted by molar-refractivity contribution is 7.81. The number of carbonyl (C=O) groups excluding carboxylic acids is 2. The van der Waals surface area contributed by atoms with Gasteiger partial charge in [0.1, 0.15) is 23.7 Å². The van der Waals surface area contributed by atoms with Crippen LogP contribution in [0.15, 0.2) is 127 Å². The topological polar surface area (TPSA) is 59.1 Å². The predicted octanol–water partition coefficient (Wildman–Crippen LogP) is 7.18. The second-order valence-corrected chi connectivity index (χ2v) is 9.99. The molecule has 0 aliphatic carbocycles. The lowest BCUT2D eigenvalue weighted by Crippen LogP contribution is -2.56. The van der Waals surface area contributed by atoms with Crippen LogP contribution < -0.4 is 19.3 Å². The highest BCUT2D eigenvalue weighted by Gasteiger charge is 2.41. The molecule has 5 aromatic carbocycles. The van der Waals surface area contributed by atoms with Gasteiger partial charge in [-0.2, -0.15) is 0 Å². The smallest absolute Gasteiger partial charge is 0.270 e. The molecule has 1 fully saturated rings. The van der Waals surface area contributed by atoms with E-state index in [1.807, 2.05) is 60.7 Å². The van der Waals surface area contributed by atoms with Crippen molar-refractivity contribution in [1.29, 1.82) is 0 Å². The number of ether oxygens (including phenoxy) is 2. The zero-order valence-electron chi connectivity index (χ0n) is 22.8. The largest absolute Gasteiger partial charge is 0.497 e. The van der Waals surface area contributed by atoms with Crippen molar-refractivity contribution in [3.05, 3.63) is 138 Å². The third-order valence-corrected chi connectivity index (χ3v) is 7.43. The Morgan fingerprint density at radius 2 is 1.31 bits per heavy atom. The fourth-order valence-corrected chi connectivity index (χ4v) is 5.33. The molecule has 6 rings (SSSR count). The lowest BCUT2D eigenvalue weighted by atomic mass is 10.0. The van der Waals surface area contributed by atoms with Gasteiger partial charge in [-0.25, -0.2) is 0 Å². The number of carbonyl (C=O) groups is 2. The van der Waals surface area contributed by atoms with Crippen LogP contribution in [0.5, 0.6) is 11.5 Å².